The summed E-state index contributed by atoms with van der Waals surface area (Å²) in [6, 6.07) is 8.78. The topological polar surface area (TPSA) is 90.5 Å². The van der Waals surface area contributed by atoms with Crippen LogP contribution in [0.25, 0.3) is 0 Å². The Labute approximate surface area is 181 Å². The lowest BCUT2D eigenvalue weighted by Crippen LogP contribution is -2.36. The summed E-state index contributed by atoms with van der Waals surface area (Å²) in [6.45, 7) is 5.58. The van der Waals surface area contributed by atoms with Gasteiger partial charge < -0.3 is 20.9 Å². The highest BCUT2D eigenvalue weighted by Crippen LogP contribution is 2.23. The van der Waals surface area contributed by atoms with Gasteiger partial charge in [0.1, 0.15) is 0 Å². The molecule has 3 N–H and O–H groups in total. The van der Waals surface area contributed by atoms with Gasteiger partial charge in [0.25, 0.3) is 5.91 Å². The molecule has 160 valence electrons. The fourth-order valence-corrected chi connectivity index (χ4v) is 3.24. The first-order chi connectivity index (χ1) is 14.1. The predicted molar refractivity (Wildman–Crippen MR) is 120 cm³/mol. The Bertz CT molecular complexity index is 950. The van der Waals surface area contributed by atoms with E-state index in [0.717, 1.165) is 22.4 Å². The van der Waals surface area contributed by atoms with Crippen molar-refractivity contribution in [3.8, 4) is 0 Å². The number of halogens is 1. The molecule has 7 nitrogen and oxygen atoms in total. The van der Waals surface area contributed by atoms with E-state index in [1.165, 1.54) is 4.90 Å². The van der Waals surface area contributed by atoms with Crippen molar-refractivity contribution in [3.63, 3.8) is 0 Å². The Hall–Kier alpha value is -3.06. The van der Waals surface area contributed by atoms with Crippen LogP contribution in [0, 0.1) is 20.8 Å². The number of hydrogen-bond acceptors (Lipinski definition) is 4. The van der Waals surface area contributed by atoms with Crippen LogP contribution in [0.15, 0.2) is 30.3 Å². The van der Waals surface area contributed by atoms with Crippen molar-refractivity contribution in [2.75, 3.05) is 37.8 Å². The Morgan fingerprint density at radius 2 is 1.57 bits per heavy atom. The molecule has 8 heteroatoms. The number of nitrogens with zero attached hydrogens (tertiary/aromatic N) is 1. The van der Waals surface area contributed by atoms with Crippen molar-refractivity contribution in [1.29, 1.82) is 0 Å². The molecule has 2 aromatic carbocycles. The number of carbonyl (C=O) groups is 3. The minimum Gasteiger partial charge on any atom is -0.375 e. The molecule has 2 aromatic rings. The fraction of sp³-hybridized carbons (Fsp3) is 0.318. The van der Waals surface area contributed by atoms with Crippen LogP contribution >= 0.6 is 11.6 Å². The molecule has 0 heterocycles. The minimum atomic E-state index is -0.384. The molecule has 0 atom stereocenters. The largest absolute Gasteiger partial charge is 0.375 e. The number of hydrogen-bond donors (Lipinski definition) is 3. The van der Waals surface area contributed by atoms with Gasteiger partial charge >= 0.3 is 0 Å². The van der Waals surface area contributed by atoms with Gasteiger partial charge in [0.15, 0.2) is 0 Å². The van der Waals surface area contributed by atoms with Gasteiger partial charge in [-0.1, -0.05) is 29.3 Å². The monoisotopic (exact) mass is 430 g/mol. The van der Waals surface area contributed by atoms with Gasteiger partial charge in [0.05, 0.1) is 18.7 Å². The molecule has 0 aliphatic heterocycles. The van der Waals surface area contributed by atoms with E-state index in [-0.39, 0.29) is 30.8 Å². The van der Waals surface area contributed by atoms with Crippen LogP contribution in [0.2, 0.25) is 5.02 Å². The van der Waals surface area contributed by atoms with Crippen molar-refractivity contribution in [1.82, 2.24) is 10.2 Å². The maximum Gasteiger partial charge on any atom is 0.255 e. The Balaban J connectivity index is 1.92. The van der Waals surface area contributed by atoms with Gasteiger partial charge in [-0.2, -0.15) is 0 Å². The third-order valence-electron chi connectivity index (χ3n) is 4.45. The molecule has 0 aromatic heterocycles. The maximum atomic E-state index is 12.3. The molecule has 0 spiro atoms. The fourth-order valence-electron chi connectivity index (χ4n) is 3.07. The lowest BCUT2D eigenvalue weighted by Gasteiger charge is -2.16. The van der Waals surface area contributed by atoms with Crippen LogP contribution in [0.1, 0.15) is 27.0 Å². The SMILES string of the molecule is Cc1cc(C)c(NC(=O)CNC(=O)CNc2cc(Cl)ccc2C(=O)N(C)C)c(C)c1. The molecule has 0 saturated carbocycles. The molecule has 0 fully saturated rings. The highest BCUT2D eigenvalue weighted by Gasteiger charge is 2.15. The standard InChI is InChI=1S/C22H27ClN4O3/c1-13-8-14(2)21(15(3)9-13)26-20(29)12-25-19(28)11-24-18-10-16(23)6-7-17(18)22(30)27(4)5/h6-10,24H,11-12H2,1-5H3,(H,25,28)(H,26,29). The number of anilines is 2. The second-order valence-corrected chi connectivity index (χ2v) is 7.78. The molecule has 0 unspecified atom stereocenters. The van der Waals surface area contributed by atoms with Gasteiger partial charge in [0.2, 0.25) is 11.8 Å². The normalized spacial score (nSPS) is 10.3. The Morgan fingerprint density at radius 3 is 2.17 bits per heavy atom. The molecule has 0 aliphatic carbocycles. The van der Waals surface area contributed by atoms with E-state index in [1.807, 2.05) is 32.9 Å². The summed E-state index contributed by atoms with van der Waals surface area (Å²) in [7, 11) is 3.28. The zero-order chi connectivity index (χ0) is 22.4. The first-order valence-electron chi connectivity index (χ1n) is 9.48. The van der Waals surface area contributed by atoms with Crippen LogP contribution in [-0.4, -0.2) is 49.8 Å². The Kier molecular flexibility index (Phi) is 7.83. The van der Waals surface area contributed by atoms with Crippen molar-refractivity contribution in [2.24, 2.45) is 0 Å². The molecular weight excluding hydrogens is 404 g/mol. The van der Waals surface area contributed by atoms with Crippen molar-refractivity contribution in [2.45, 2.75) is 20.8 Å². The van der Waals surface area contributed by atoms with Crippen LogP contribution in [0.3, 0.4) is 0 Å². The van der Waals surface area contributed by atoms with Crippen molar-refractivity contribution in [3.05, 3.63) is 57.6 Å². The molecule has 3 amide bonds. The number of benzene rings is 2. The van der Waals surface area contributed by atoms with Crippen LogP contribution in [0.4, 0.5) is 11.4 Å². The van der Waals surface area contributed by atoms with Crippen molar-refractivity contribution >= 4 is 40.7 Å². The third kappa shape index (κ3) is 6.22. The van der Waals surface area contributed by atoms with Crippen molar-refractivity contribution < 1.29 is 14.4 Å². The molecule has 0 radical (unpaired) electrons. The summed E-state index contributed by atoms with van der Waals surface area (Å²) in [5, 5.41) is 8.76. The molecule has 0 aliphatic rings. The van der Waals surface area contributed by atoms with E-state index in [4.69, 9.17) is 11.6 Å². The quantitative estimate of drug-likeness (QED) is 0.629. The number of nitrogens with one attached hydrogen (secondary N) is 3. The van der Waals surface area contributed by atoms with Gasteiger partial charge in [-0.25, -0.2) is 0 Å². The van der Waals surface area contributed by atoms with E-state index in [9.17, 15) is 14.4 Å². The predicted octanol–water partition coefficient (Wildman–Crippen LogP) is 3.13. The first kappa shape index (κ1) is 23.2. The lowest BCUT2D eigenvalue weighted by atomic mass is 10.1. The summed E-state index contributed by atoms with van der Waals surface area (Å²) >= 11 is 6.01. The van der Waals surface area contributed by atoms with Gasteiger partial charge in [0, 0.05) is 30.5 Å². The molecule has 2 rings (SSSR count). The minimum absolute atomic E-state index is 0.107. The second kappa shape index (κ2) is 10.1. The average molecular weight is 431 g/mol. The van der Waals surface area contributed by atoms with E-state index in [0.29, 0.717) is 16.3 Å². The number of rotatable bonds is 7. The highest BCUT2D eigenvalue weighted by atomic mass is 35.5. The van der Waals surface area contributed by atoms with Crippen LogP contribution in [0.5, 0.6) is 0 Å². The number of aryl methyl sites for hydroxylation is 3. The lowest BCUT2D eigenvalue weighted by molar-refractivity contribution is -0.122. The molecule has 0 saturated heterocycles. The molecule has 30 heavy (non-hydrogen) atoms. The Morgan fingerprint density at radius 1 is 0.933 bits per heavy atom. The third-order valence-corrected chi connectivity index (χ3v) is 4.68. The second-order valence-electron chi connectivity index (χ2n) is 7.34. The van der Waals surface area contributed by atoms with E-state index in [2.05, 4.69) is 16.0 Å². The summed E-state index contributed by atoms with van der Waals surface area (Å²) in [6.07, 6.45) is 0. The maximum absolute atomic E-state index is 12.3. The van der Waals surface area contributed by atoms with Crippen LogP contribution in [-0.2, 0) is 9.59 Å². The van der Waals surface area contributed by atoms with E-state index < -0.39 is 0 Å². The van der Waals surface area contributed by atoms with Crippen LogP contribution < -0.4 is 16.0 Å². The zero-order valence-corrected chi connectivity index (χ0v) is 18.6. The van der Waals surface area contributed by atoms with E-state index >= 15 is 0 Å². The molecular formula is C22H27ClN4O3. The summed E-state index contributed by atoms with van der Waals surface area (Å²) in [5.41, 5.74) is 4.66. The van der Waals surface area contributed by atoms with Gasteiger partial charge in [-0.05, 0) is 50.1 Å². The molecule has 0 bridgehead atoms. The summed E-state index contributed by atoms with van der Waals surface area (Å²) in [5.74, 6) is -0.909. The number of amides is 3. The summed E-state index contributed by atoms with van der Waals surface area (Å²) < 4.78 is 0. The summed E-state index contributed by atoms with van der Waals surface area (Å²) in [4.78, 5) is 38.1. The van der Waals surface area contributed by atoms with E-state index in [1.54, 1.807) is 32.3 Å². The average Bonchev–Trinajstić information content (AvgIpc) is 2.67. The zero-order valence-electron chi connectivity index (χ0n) is 17.9. The van der Waals surface area contributed by atoms with Gasteiger partial charge in [-0.3, -0.25) is 14.4 Å². The highest BCUT2D eigenvalue weighted by molar-refractivity contribution is 6.31. The first-order valence-corrected chi connectivity index (χ1v) is 9.85. The van der Waals surface area contributed by atoms with Gasteiger partial charge in [-0.15, -0.1) is 0 Å². The number of carbonyl (C=O) groups excluding carboxylic acids is 3. The smallest absolute Gasteiger partial charge is 0.255 e.